The number of allylic oxidation sites excluding steroid dienone is 7. The normalized spacial score (nSPS) is 10.1. The Morgan fingerprint density at radius 2 is 0.260 bits per heavy atom. The van der Waals surface area contributed by atoms with E-state index in [2.05, 4.69) is 138 Å². The summed E-state index contributed by atoms with van der Waals surface area (Å²) in [7, 11) is 0. The minimum atomic E-state index is -0.534. The molecule has 0 radical (unpaired) electrons. The maximum absolute atomic E-state index is 11.3. The molecule has 28 nitrogen and oxygen atoms in total. The van der Waals surface area contributed by atoms with E-state index >= 15 is 0 Å². The van der Waals surface area contributed by atoms with Crippen LogP contribution >= 0.6 is 0 Å². The van der Waals surface area contributed by atoms with Crippen molar-refractivity contribution in [1.82, 2.24) is 0 Å². The van der Waals surface area contributed by atoms with Crippen molar-refractivity contribution < 1.29 is 133 Å². The summed E-state index contributed by atoms with van der Waals surface area (Å²) < 4.78 is 70.1. The summed E-state index contributed by atoms with van der Waals surface area (Å²) in [6.07, 6.45) is 64.7. The van der Waals surface area contributed by atoms with Gasteiger partial charge in [0.1, 0.15) is 50.8 Å². The fraction of sp³-hybridized carbons (Fsp3) is 0.525. The molecule has 0 heterocycles. The van der Waals surface area contributed by atoms with Crippen LogP contribution < -0.4 is 0 Å². The number of ether oxygens (including phenoxy) is 14. The van der Waals surface area contributed by atoms with E-state index in [1.54, 1.807) is 6.08 Å². The lowest BCUT2D eigenvalue weighted by atomic mass is 10.0. The molecular formula is C118H194O28. The Kier molecular flexibility index (Phi) is 144. The third-order valence-electron chi connectivity index (χ3n) is 18.9. The second kappa shape index (κ2) is 128. The predicted molar refractivity (Wildman–Crippen MR) is 596 cm³/mol. The summed E-state index contributed by atoms with van der Waals surface area (Å²) in [5, 5.41) is 0. The first-order valence-electron chi connectivity index (χ1n) is 47.5. The third-order valence-corrected chi connectivity index (χ3v) is 18.9. The molecule has 0 fully saturated rings. The smallest absolute Gasteiger partial charge is 0.330 e. The lowest BCUT2D eigenvalue weighted by Crippen LogP contribution is -2.24. The SMILES string of the molecule is C.C.C.C.C.C.C.C=CCCCC(COC(=O)C=C)COC(=O)C=C.C=CCCCC(COC(=O)C=C)OC(=O)C=C.C=CCCCCCC(COC(=O)C=C)COC(=O)C=C.C=CCCCCCC(COC(=O)C=C)OC(=O)C=C.C=CCCCCCCC(COC(=O)C=C)OC(=O)C=C.C=CCCCCCCCCC(COC(=O)C=C)COC(=O)C=C.C=CCCCCCCCCC(COC(=O)C=C)OC(=O)C=C. The van der Waals surface area contributed by atoms with E-state index in [9.17, 15) is 67.1 Å². The topological polar surface area (TPSA) is 368 Å². The molecule has 0 spiro atoms. The maximum Gasteiger partial charge on any atom is 0.330 e. The Morgan fingerprint density at radius 1 is 0.144 bits per heavy atom. The highest BCUT2D eigenvalue weighted by Gasteiger charge is 2.21. The fourth-order valence-corrected chi connectivity index (χ4v) is 11.3. The van der Waals surface area contributed by atoms with Crippen LogP contribution in [0.25, 0.3) is 0 Å². The van der Waals surface area contributed by atoms with Crippen LogP contribution in [0.4, 0.5) is 0 Å². The molecule has 0 aliphatic carbocycles. The first-order chi connectivity index (χ1) is 66.9. The number of hydrogen-bond acceptors (Lipinski definition) is 28. The third kappa shape index (κ3) is 125. The van der Waals surface area contributed by atoms with Crippen LogP contribution in [0.1, 0.15) is 296 Å². The zero-order valence-corrected chi connectivity index (χ0v) is 83.4. The van der Waals surface area contributed by atoms with Gasteiger partial charge in [0.25, 0.3) is 0 Å². The molecule has 0 amide bonds. The van der Waals surface area contributed by atoms with E-state index in [4.69, 9.17) is 66.3 Å². The highest BCUT2D eigenvalue weighted by molar-refractivity contribution is 5.86. The average molecular weight is 2060 g/mol. The van der Waals surface area contributed by atoms with Crippen molar-refractivity contribution >= 4 is 83.6 Å². The molecule has 0 bridgehead atoms. The van der Waals surface area contributed by atoms with E-state index in [0.29, 0.717) is 25.7 Å². The second-order valence-corrected chi connectivity index (χ2v) is 30.5. The molecule has 146 heavy (non-hydrogen) atoms. The van der Waals surface area contributed by atoms with Gasteiger partial charge in [-0.1, -0.05) is 277 Å². The second-order valence-electron chi connectivity index (χ2n) is 30.5. The number of rotatable bonds is 83. The number of carbonyl (C=O) groups is 14. The van der Waals surface area contributed by atoms with E-state index in [1.807, 2.05) is 36.5 Å². The Bertz CT molecular complexity index is 3540. The lowest BCUT2D eigenvalue weighted by molar-refractivity contribution is -0.153. The van der Waals surface area contributed by atoms with Crippen molar-refractivity contribution in [2.24, 2.45) is 17.8 Å². The highest BCUT2D eigenvalue weighted by Crippen LogP contribution is 2.20. The van der Waals surface area contributed by atoms with E-state index in [1.165, 1.54) is 44.9 Å². The van der Waals surface area contributed by atoms with Crippen molar-refractivity contribution in [3.63, 3.8) is 0 Å². The van der Waals surface area contributed by atoms with Crippen molar-refractivity contribution in [2.45, 2.75) is 320 Å². The summed E-state index contributed by atoms with van der Waals surface area (Å²) in [6, 6.07) is 0. The van der Waals surface area contributed by atoms with Crippen LogP contribution in [0.5, 0.6) is 0 Å². The van der Waals surface area contributed by atoms with Gasteiger partial charge in [-0.3, -0.25) is 0 Å². The summed E-state index contributed by atoms with van der Waals surface area (Å²) in [5.41, 5.74) is 0. The van der Waals surface area contributed by atoms with Gasteiger partial charge >= 0.3 is 83.6 Å². The molecule has 0 aromatic carbocycles. The molecule has 0 aromatic rings. The van der Waals surface area contributed by atoms with Gasteiger partial charge in [-0.15, -0.1) is 46.1 Å². The van der Waals surface area contributed by atoms with Crippen LogP contribution in [-0.4, -0.2) is 174 Å². The van der Waals surface area contributed by atoms with Gasteiger partial charge < -0.3 is 66.3 Å². The minimum Gasteiger partial charge on any atom is -0.462 e. The fourth-order valence-electron chi connectivity index (χ4n) is 11.3. The Hall–Kier alpha value is -12.9. The minimum absolute atomic E-state index is 0. The molecule has 4 unspecified atom stereocenters. The molecule has 0 saturated carbocycles. The maximum atomic E-state index is 11.3. The number of unbranched alkanes of at least 4 members (excludes halogenated alkanes) is 24. The molecule has 28 heteroatoms. The van der Waals surface area contributed by atoms with Crippen molar-refractivity contribution in [1.29, 1.82) is 0 Å². The summed E-state index contributed by atoms with van der Waals surface area (Å²) >= 11 is 0. The van der Waals surface area contributed by atoms with Crippen LogP contribution in [0, 0.1) is 17.8 Å². The first kappa shape index (κ1) is 164. The molecule has 4 atom stereocenters. The van der Waals surface area contributed by atoms with Crippen molar-refractivity contribution in [2.75, 3.05) is 66.1 Å². The molecule has 0 saturated heterocycles. The summed E-state index contributed by atoms with van der Waals surface area (Å²) in [4.78, 5) is 155. The van der Waals surface area contributed by atoms with Gasteiger partial charge in [0.2, 0.25) is 0 Å². The van der Waals surface area contributed by atoms with Gasteiger partial charge in [-0.25, -0.2) is 67.1 Å². The monoisotopic (exact) mass is 2060 g/mol. The summed E-state index contributed by atoms with van der Waals surface area (Å²) in [6.45, 7) is 73.8. The number of hydrogen-bond donors (Lipinski definition) is 0. The molecule has 0 aromatic heterocycles. The molecule has 0 rings (SSSR count). The Balaban J connectivity index is -0.000000115. The van der Waals surface area contributed by atoms with E-state index in [-0.39, 0.29) is 136 Å². The standard InChI is InChI=1S/C19H30O4.C18H28O4.2C16H24O4.C15H22O4.C14H20O4.C13H18O4.7CH4/c1-4-7-8-9-10-11-12-13-14-17(15-22-18(20)5-2)16-23-19(21)6-3;1-4-7-8-9-10-11-12-13-14-16(22-18(20)6-3)15-21-17(19)5-2;1-4-7-8-9-10-11-14(12-19-15(17)5-2)13-20-16(18)6-3;1-4-7-8-9-10-11-12-14(20-16(18)6-3)13-19-15(17)5-2;1-4-7-8-9-10-11-13(19-15(17)6-3)12-18-14(16)5-2;1-4-7-8-9-12(10-17-13(15)5-2)11-18-14(16)6-3;1-4-7-8-9-11(17-13(15)6-3)10-16-12(14)5-2;;;;;;;/h4-6,17H,1-3,7-16H2;4-6,16H,1-3,7-15H2;2*4-6,14H,1-3,7-13H2;4-6,13H,1-3,7-12H2;4-6,12H,1-3,7-11H2;4-6,11H,1-3,7-10H2;7*1H4. The molecular weight excluding hydrogens is 1870 g/mol. The Labute approximate surface area is 882 Å². The van der Waals surface area contributed by atoms with Gasteiger partial charge in [-0.05, 0) is 154 Å². The van der Waals surface area contributed by atoms with Crippen LogP contribution in [0.3, 0.4) is 0 Å². The van der Waals surface area contributed by atoms with E-state index < -0.39 is 108 Å². The van der Waals surface area contributed by atoms with Gasteiger partial charge in [0.05, 0.1) is 39.6 Å². The molecule has 0 aliphatic heterocycles. The molecule has 0 N–H and O–H groups in total. The van der Waals surface area contributed by atoms with Crippen LogP contribution in [0.15, 0.2) is 266 Å². The zero-order chi connectivity index (χ0) is 106. The Morgan fingerprint density at radius 3 is 0.425 bits per heavy atom. The quantitative estimate of drug-likeness (QED) is 0.0179. The zero-order valence-electron chi connectivity index (χ0n) is 83.4. The van der Waals surface area contributed by atoms with Gasteiger partial charge in [-0.2, -0.15) is 0 Å². The first-order valence-corrected chi connectivity index (χ1v) is 47.5. The van der Waals surface area contributed by atoms with E-state index in [0.717, 1.165) is 258 Å². The van der Waals surface area contributed by atoms with Crippen molar-refractivity contribution in [3.8, 4) is 0 Å². The summed E-state index contributed by atoms with van der Waals surface area (Å²) in [5.74, 6) is -6.88. The van der Waals surface area contributed by atoms with Crippen LogP contribution in [0.2, 0.25) is 0 Å². The number of esters is 14. The molecule has 0 aliphatic rings. The lowest BCUT2D eigenvalue weighted by Gasteiger charge is -2.16. The van der Waals surface area contributed by atoms with Crippen LogP contribution in [-0.2, 0) is 133 Å². The average Bonchev–Trinajstić information content (AvgIpc) is 1.02. The molecule has 834 valence electrons. The largest absolute Gasteiger partial charge is 0.462 e. The van der Waals surface area contributed by atoms with Crippen molar-refractivity contribution in [3.05, 3.63) is 266 Å². The highest BCUT2D eigenvalue weighted by atomic mass is 16.6. The van der Waals surface area contributed by atoms with Gasteiger partial charge in [0, 0.05) is 103 Å². The number of carbonyl (C=O) groups excluding carboxylic acids is 14. The predicted octanol–water partition coefficient (Wildman–Crippen LogP) is 27.0. The van der Waals surface area contributed by atoms with Gasteiger partial charge in [0.15, 0.2) is 0 Å².